The molecule has 1 amide bonds. The van der Waals surface area contributed by atoms with Crippen molar-refractivity contribution >= 4 is 22.6 Å². The molecule has 7 heteroatoms. The smallest absolute Gasteiger partial charge is 0.243 e. The molecule has 7 nitrogen and oxygen atoms in total. The molecule has 0 aromatic heterocycles. The van der Waals surface area contributed by atoms with E-state index in [1.807, 2.05) is 42.5 Å². The summed E-state index contributed by atoms with van der Waals surface area (Å²) >= 11 is 0. The summed E-state index contributed by atoms with van der Waals surface area (Å²) in [6.07, 6.45) is -0.740. The van der Waals surface area contributed by atoms with Gasteiger partial charge in [-0.2, -0.15) is 5.01 Å². The van der Waals surface area contributed by atoms with Gasteiger partial charge in [0.05, 0.1) is 19.8 Å². The van der Waals surface area contributed by atoms with Crippen molar-refractivity contribution < 1.29 is 24.9 Å². The molecule has 0 saturated carbocycles. The fraction of sp³-hybridized carbons (Fsp3) is 0.217. The molecule has 0 bridgehead atoms. The van der Waals surface area contributed by atoms with E-state index in [2.05, 4.69) is 5.10 Å². The number of ether oxygens (including phenoxy) is 1. The molecule has 1 heterocycles. The first-order valence-corrected chi connectivity index (χ1v) is 9.57. The Morgan fingerprint density at radius 3 is 2.30 bits per heavy atom. The van der Waals surface area contributed by atoms with E-state index >= 15 is 0 Å². The van der Waals surface area contributed by atoms with Crippen molar-refractivity contribution in [2.45, 2.75) is 33.0 Å². The van der Waals surface area contributed by atoms with Crippen molar-refractivity contribution in [1.29, 1.82) is 0 Å². The van der Waals surface area contributed by atoms with Gasteiger partial charge in [0.1, 0.15) is 0 Å². The Hall–Kier alpha value is -3.26. The average Bonchev–Trinajstić information content (AvgIpc) is 3.23. The number of rotatable bonds is 5. The van der Waals surface area contributed by atoms with Crippen LogP contribution in [-0.2, 0) is 29.4 Å². The molecule has 0 fully saturated rings. The van der Waals surface area contributed by atoms with Crippen LogP contribution >= 0.6 is 0 Å². The Morgan fingerprint density at radius 2 is 1.67 bits per heavy atom. The van der Waals surface area contributed by atoms with E-state index in [9.17, 15) is 20.1 Å². The number of hydrazone groups is 1. The van der Waals surface area contributed by atoms with Gasteiger partial charge in [0.2, 0.25) is 18.0 Å². The van der Waals surface area contributed by atoms with Gasteiger partial charge in [-0.1, -0.05) is 42.5 Å². The predicted octanol–water partition coefficient (Wildman–Crippen LogP) is 2.56. The summed E-state index contributed by atoms with van der Waals surface area (Å²) in [6, 6.07) is 16.9. The third kappa shape index (κ3) is 3.43. The van der Waals surface area contributed by atoms with Crippen molar-refractivity contribution in [2.24, 2.45) is 5.10 Å². The SMILES string of the molecule is CC(=O)N1N=C(c2cc(CO)c(CO)c(CO)c2)OC1c1cccc2ccccc12. The molecule has 1 unspecified atom stereocenters. The van der Waals surface area contributed by atoms with Crippen LogP contribution in [0.4, 0.5) is 0 Å². The number of carbonyl (C=O) groups excluding carboxylic acids is 1. The summed E-state index contributed by atoms with van der Waals surface area (Å²) < 4.78 is 6.12. The third-order valence-corrected chi connectivity index (χ3v) is 5.24. The highest BCUT2D eigenvalue weighted by Crippen LogP contribution is 2.35. The quantitative estimate of drug-likeness (QED) is 0.604. The minimum absolute atomic E-state index is 0.206. The lowest BCUT2D eigenvalue weighted by Gasteiger charge is -2.21. The second-order valence-corrected chi connectivity index (χ2v) is 7.05. The molecule has 154 valence electrons. The Balaban J connectivity index is 1.79. The third-order valence-electron chi connectivity index (χ3n) is 5.24. The molecule has 1 aliphatic rings. The fourth-order valence-corrected chi connectivity index (χ4v) is 3.76. The van der Waals surface area contributed by atoms with E-state index in [0.717, 1.165) is 16.3 Å². The van der Waals surface area contributed by atoms with Crippen molar-refractivity contribution in [3.8, 4) is 0 Å². The van der Waals surface area contributed by atoms with Crippen LogP contribution in [0.1, 0.15) is 41.0 Å². The highest BCUT2D eigenvalue weighted by molar-refractivity contribution is 5.97. The van der Waals surface area contributed by atoms with E-state index in [1.165, 1.54) is 11.9 Å². The van der Waals surface area contributed by atoms with Crippen molar-refractivity contribution in [3.05, 3.63) is 82.4 Å². The molecular formula is C23H22N2O5. The summed E-state index contributed by atoms with van der Waals surface area (Å²) in [5.74, 6) is -0.0725. The van der Waals surface area contributed by atoms with Crippen LogP contribution in [0.15, 0.2) is 59.7 Å². The maximum atomic E-state index is 12.3. The van der Waals surface area contributed by atoms with E-state index in [-0.39, 0.29) is 31.6 Å². The van der Waals surface area contributed by atoms with Gasteiger partial charge >= 0.3 is 0 Å². The Kier molecular flexibility index (Phi) is 5.50. The number of benzene rings is 3. The fourth-order valence-electron chi connectivity index (χ4n) is 3.76. The van der Waals surface area contributed by atoms with Crippen molar-refractivity contribution in [2.75, 3.05) is 0 Å². The minimum Gasteiger partial charge on any atom is -0.446 e. The first-order valence-electron chi connectivity index (χ1n) is 9.57. The summed E-state index contributed by atoms with van der Waals surface area (Å²) in [6.45, 7) is 0.485. The zero-order valence-corrected chi connectivity index (χ0v) is 16.4. The molecular weight excluding hydrogens is 384 g/mol. The molecule has 1 atom stereocenters. The summed E-state index contributed by atoms with van der Waals surface area (Å²) in [7, 11) is 0. The summed E-state index contributed by atoms with van der Waals surface area (Å²) in [5.41, 5.74) is 2.71. The number of carbonyl (C=O) groups is 1. The van der Waals surface area contributed by atoms with Crippen molar-refractivity contribution in [1.82, 2.24) is 5.01 Å². The molecule has 0 saturated heterocycles. The average molecular weight is 406 g/mol. The number of aliphatic hydroxyl groups excluding tert-OH is 3. The molecule has 30 heavy (non-hydrogen) atoms. The van der Waals surface area contributed by atoms with Gasteiger partial charge in [0.25, 0.3) is 0 Å². The lowest BCUT2D eigenvalue weighted by Crippen LogP contribution is -2.25. The summed E-state index contributed by atoms with van der Waals surface area (Å²) in [5, 5.41) is 36.6. The number of fused-ring (bicyclic) bond motifs is 1. The monoisotopic (exact) mass is 406 g/mol. The van der Waals surface area contributed by atoms with Gasteiger partial charge in [0, 0.05) is 18.1 Å². The molecule has 1 aliphatic heterocycles. The Labute approximate surface area is 173 Å². The first kappa shape index (κ1) is 20.0. The van der Waals surface area contributed by atoms with Crippen molar-refractivity contribution in [3.63, 3.8) is 0 Å². The highest BCUT2D eigenvalue weighted by Gasteiger charge is 2.34. The highest BCUT2D eigenvalue weighted by atomic mass is 16.5. The van der Waals surface area contributed by atoms with Gasteiger partial charge in [-0.3, -0.25) is 4.79 Å². The van der Waals surface area contributed by atoms with Crippen LogP contribution in [0.5, 0.6) is 0 Å². The zero-order valence-electron chi connectivity index (χ0n) is 16.4. The Morgan fingerprint density at radius 1 is 1.00 bits per heavy atom. The predicted molar refractivity (Wildman–Crippen MR) is 111 cm³/mol. The van der Waals surface area contributed by atoms with Crippen LogP contribution in [0.2, 0.25) is 0 Å². The molecule has 3 N–H and O–H groups in total. The molecule has 0 spiro atoms. The van der Waals surface area contributed by atoms with Gasteiger partial charge in [0.15, 0.2) is 0 Å². The maximum Gasteiger partial charge on any atom is 0.243 e. The molecule has 0 radical (unpaired) electrons. The minimum atomic E-state index is -0.740. The van der Waals surface area contributed by atoms with E-state index in [1.54, 1.807) is 12.1 Å². The molecule has 3 aromatic rings. The van der Waals surface area contributed by atoms with E-state index < -0.39 is 6.23 Å². The number of hydrogen-bond acceptors (Lipinski definition) is 6. The van der Waals surface area contributed by atoms with Crippen LogP contribution in [-0.4, -0.2) is 32.1 Å². The van der Waals surface area contributed by atoms with Crippen LogP contribution in [0.25, 0.3) is 10.8 Å². The van der Waals surface area contributed by atoms with Crippen LogP contribution < -0.4 is 0 Å². The van der Waals surface area contributed by atoms with Crippen LogP contribution in [0.3, 0.4) is 0 Å². The van der Waals surface area contributed by atoms with Gasteiger partial charge < -0.3 is 20.1 Å². The Bertz CT molecular complexity index is 1110. The van der Waals surface area contributed by atoms with E-state index in [4.69, 9.17) is 4.74 Å². The molecule has 4 rings (SSSR count). The van der Waals surface area contributed by atoms with Gasteiger partial charge in [-0.25, -0.2) is 0 Å². The lowest BCUT2D eigenvalue weighted by molar-refractivity contribution is -0.135. The second kappa shape index (κ2) is 8.23. The lowest BCUT2D eigenvalue weighted by atomic mass is 9.98. The van der Waals surface area contributed by atoms with Gasteiger partial charge in [-0.15, -0.1) is 5.10 Å². The molecule has 3 aromatic carbocycles. The van der Waals surface area contributed by atoms with E-state index in [0.29, 0.717) is 22.3 Å². The second-order valence-electron chi connectivity index (χ2n) is 7.05. The largest absolute Gasteiger partial charge is 0.446 e. The number of amides is 1. The molecule has 0 aliphatic carbocycles. The zero-order chi connectivity index (χ0) is 21.3. The maximum absolute atomic E-state index is 12.3. The van der Waals surface area contributed by atoms with Crippen LogP contribution in [0, 0.1) is 0 Å². The standard InChI is InChI=1S/C23H22N2O5/c1-14(29)25-23(20-8-4-6-15-5-2-3-7-19(15)20)30-22(24-25)16-9-17(11-26)21(13-28)18(10-16)12-27/h2-10,23,26-28H,11-13H2,1H3. The number of hydrogen-bond donors (Lipinski definition) is 3. The van der Waals surface area contributed by atoms with Gasteiger partial charge in [-0.05, 0) is 39.6 Å². The topological polar surface area (TPSA) is 103 Å². The summed E-state index contributed by atoms with van der Waals surface area (Å²) in [4.78, 5) is 12.3. The number of nitrogens with zero attached hydrogens (tertiary/aromatic N) is 2. The normalized spacial score (nSPS) is 15.9. The first-order chi connectivity index (χ1) is 14.6. The number of aliphatic hydroxyl groups is 3.